The summed E-state index contributed by atoms with van der Waals surface area (Å²) in [6.45, 7) is 7.98. The lowest BCUT2D eigenvalue weighted by molar-refractivity contribution is 0.0927. The number of benzene rings is 1. The van der Waals surface area contributed by atoms with Crippen molar-refractivity contribution in [1.82, 2.24) is 9.88 Å². The van der Waals surface area contributed by atoms with Crippen LogP contribution in [0.2, 0.25) is 0 Å². The Morgan fingerprint density at radius 3 is 2.40 bits per heavy atom. The van der Waals surface area contributed by atoms with Crippen molar-refractivity contribution in [2.45, 2.75) is 46.7 Å². The van der Waals surface area contributed by atoms with Crippen LogP contribution in [0.25, 0.3) is 0 Å². The molecule has 0 radical (unpaired) electrons. The Bertz CT molecular complexity index is 807. The molecule has 5 nitrogen and oxygen atoms in total. The van der Waals surface area contributed by atoms with Gasteiger partial charge in [-0.2, -0.15) is 0 Å². The Balaban J connectivity index is 2.36. The molecule has 0 aliphatic heterocycles. The zero-order valence-corrected chi connectivity index (χ0v) is 15.3. The predicted molar refractivity (Wildman–Crippen MR) is 98.9 cm³/mol. The number of aliphatic hydroxyl groups excluding tert-OH is 1. The van der Waals surface area contributed by atoms with E-state index in [-0.39, 0.29) is 23.8 Å². The van der Waals surface area contributed by atoms with Crippen LogP contribution >= 0.6 is 0 Å². The van der Waals surface area contributed by atoms with Gasteiger partial charge in [0.25, 0.3) is 11.5 Å². The maximum atomic E-state index is 12.8. The number of pyridine rings is 1. The lowest BCUT2D eigenvalue weighted by atomic mass is 10.0. The standard InChI is InChI=1S/C20H26N2O3/c1-5-22-15(4)12-14(3)18(20(22)25)19(24)21-17(10-11-23)16-8-6-13(2)7-9-16/h6-9,12,17,23H,5,10-11H2,1-4H3,(H,21,24)/t17-/m0/s1. The fraction of sp³-hybridized carbons (Fsp3) is 0.400. The summed E-state index contributed by atoms with van der Waals surface area (Å²) in [7, 11) is 0. The number of aryl methyl sites for hydroxylation is 3. The summed E-state index contributed by atoms with van der Waals surface area (Å²) in [6, 6.07) is 9.31. The summed E-state index contributed by atoms with van der Waals surface area (Å²) in [6.07, 6.45) is 0.391. The molecule has 0 aliphatic carbocycles. The third kappa shape index (κ3) is 4.17. The number of hydrogen-bond donors (Lipinski definition) is 2. The van der Waals surface area contributed by atoms with Crippen molar-refractivity contribution in [1.29, 1.82) is 0 Å². The maximum Gasteiger partial charge on any atom is 0.263 e. The second-order valence-electron chi connectivity index (χ2n) is 6.34. The molecule has 1 atom stereocenters. The highest BCUT2D eigenvalue weighted by molar-refractivity contribution is 5.95. The van der Waals surface area contributed by atoms with Gasteiger partial charge in [-0.05, 0) is 51.3 Å². The van der Waals surface area contributed by atoms with Gasteiger partial charge in [0.15, 0.2) is 0 Å². The van der Waals surface area contributed by atoms with Crippen LogP contribution in [-0.2, 0) is 6.54 Å². The van der Waals surface area contributed by atoms with Crippen molar-refractivity contribution in [2.75, 3.05) is 6.61 Å². The Hall–Kier alpha value is -2.40. The first-order valence-corrected chi connectivity index (χ1v) is 8.58. The molecule has 1 aromatic heterocycles. The highest BCUT2D eigenvalue weighted by atomic mass is 16.3. The number of carbonyl (C=O) groups excluding carboxylic acids is 1. The third-order valence-electron chi connectivity index (χ3n) is 4.45. The molecule has 2 aromatic rings. The molecule has 134 valence electrons. The number of aliphatic hydroxyl groups is 1. The van der Waals surface area contributed by atoms with Gasteiger partial charge in [-0.1, -0.05) is 29.8 Å². The van der Waals surface area contributed by atoms with E-state index in [4.69, 9.17) is 0 Å². The molecular formula is C20H26N2O3. The first-order chi connectivity index (χ1) is 11.9. The van der Waals surface area contributed by atoms with Gasteiger partial charge in [0, 0.05) is 18.8 Å². The van der Waals surface area contributed by atoms with Crippen molar-refractivity contribution in [3.05, 3.63) is 68.6 Å². The van der Waals surface area contributed by atoms with Crippen LogP contribution in [0.3, 0.4) is 0 Å². The fourth-order valence-electron chi connectivity index (χ4n) is 3.08. The number of carbonyl (C=O) groups is 1. The molecule has 0 bridgehead atoms. The van der Waals surface area contributed by atoms with E-state index in [2.05, 4.69) is 5.32 Å². The first-order valence-electron chi connectivity index (χ1n) is 8.58. The molecule has 2 rings (SSSR count). The summed E-state index contributed by atoms with van der Waals surface area (Å²) >= 11 is 0. The lowest BCUT2D eigenvalue weighted by Gasteiger charge is -2.20. The molecular weight excluding hydrogens is 316 g/mol. The largest absolute Gasteiger partial charge is 0.396 e. The minimum atomic E-state index is -0.399. The lowest BCUT2D eigenvalue weighted by Crippen LogP contribution is -2.37. The Kier molecular flexibility index (Phi) is 6.15. The van der Waals surface area contributed by atoms with E-state index in [9.17, 15) is 14.7 Å². The molecule has 0 fully saturated rings. The number of hydrogen-bond acceptors (Lipinski definition) is 3. The Morgan fingerprint density at radius 1 is 1.20 bits per heavy atom. The van der Waals surface area contributed by atoms with E-state index in [0.29, 0.717) is 18.5 Å². The van der Waals surface area contributed by atoms with Crippen LogP contribution in [0, 0.1) is 20.8 Å². The minimum absolute atomic E-state index is 0.0507. The Labute approximate surface area is 148 Å². The summed E-state index contributed by atoms with van der Waals surface area (Å²) in [5.74, 6) is -0.399. The molecule has 0 saturated heterocycles. The average Bonchev–Trinajstić information content (AvgIpc) is 2.55. The normalized spacial score (nSPS) is 12.0. The van der Waals surface area contributed by atoms with Gasteiger partial charge >= 0.3 is 0 Å². The van der Waals surface area contributed by atoms with Gasteiger partial charge < -0.3 is 15.0 Å². The second kappa shape index (κ2) is 8.12. The molecule has 1 heterocycles. The first kappa shape index (κ1) is 18.9. The van der Waals surface area contributed by atoms with Crippen LogP contribution in [0.4, 0.5) is 0 Å². The van der Waals surface area contributed by atoms with E-state index in [0.717, 1.165) is 16.8 Å². The van der Waals surface area contributed by atoms with Crippen LogP contribution in [0.1, 0.15) is 52.1 Å². The number of amides is 1. The molecule has 0 spiro atoms. The van der Waals surface area contributed by atoms with Gasteiger partial charge in [-0.25, -0.2) is 0 Å². The maximum absolute atomic E-state index is 12.8. The van der Waals surface area contributed by atoms with Crippen LogP contribution in [-0.4, -0.2) is 22.2 Å². The van der Waals surface area contributed by atoms with E-state index >= 15 is 0 Å². The van der Waals surface area contributed by atoms with Gasteiger partial charge in [-0.15, -0.1) is 0 Å². The molecule has 2 N–H and O–H groups in total. The fourth-order valence-corrected chi connectivity index (χ4v) is 3.08. The van der Waals surface area contributed by atoms with E-state index in [1.807, 2.05) is 51.1 Å². The van der Waals surface area contributed by atoms with Crippen LogP contribution in [0.15, 0.2) is 35.1 Å². The second-order valence-corrected chi connectivity index (χ2v) is 6.34. The molecule has 5 heteroatoms. The van der Waals surface area contributed by atoms with Crippen LogP contribution in [0.5, 0.6) is 0 Å². The quantitative estimate of drug-likeness (QED) is 0.848. The zero-order chi connectivity index (χ0) is 18.6. The van der Waals surface area contributed by atoms with Crippen molar-refractivity contribution >= 4 is 5.91 Å². The smallest absolute Gasteiger partial charge is 0.263 e. The number of nitrogens with zero attached hydrogens (tertiary/aromatic N) is 1. The summed E-state index contributed by atoms with van der Waals surface area (Å²) in [5, 5.41) is 12.3. The molecule has 0 aliphatic rings. The van der Waals surface area contributed by atoms with Gasteiger partial charge in [0.05, 0.1) is 6.04 Å². The molecule has 1 amide bonds. The summed E-state index contributed by atoms with van der Waals surface area (Å²) in [4.78, 5) is 25.4. The van der Waals surface area contributed by atoms with Crippen molar-refractivity contribution in [2.24, 2.45) is 0 Å². The number of aromatic nitrogens is 1. The highest BCUT2D eigenvalue weighted by Gasteiger charge is 2.21. The zero-order valence-electron chi connectivity index (χ0n) is 15.3. The number of nitrogens with one attached hydrogen (secondary N) is 1. The minimum Gasteiger partial charge on any atom is -0.396 e. The van der Waals surface area contributed by atoms with Gasteiger partial charge in [0.2, 0.25) is 0 Å². The SMILES string of the molecule is CCn1c(C)cc(C)c(C(=O)N[C@@H](CCO)c2ccc(C)cc2)c1=O. The summed E-state index contributed by atoms with van der Waals surface area (Å²) < 4.78 is 1.59. The van der Waals surface area contributed by atoms with Crippen molar-refractivity contribution in [3.63, 3.8) is 0 Å². The number of rotatable bonds is 6. The predicted octanol–water partition coefficient (Wildman–Crippen LogP) is 2.65. The van der Waals surface area contributed by atoms with Crippen molar-refractivity contribution in [3.8, 4) is 0 Å². The van der Waals surface area contributed by atoms with E-state index in [1.54, 1.807) is 11.5 Å². The van der Waals surface area contributed by atoms with Crippen LogP contribution < -0.4 is 10.9 Å². The van der Waals surface area contributed by atoms with Gasteiger partial charge in [-0.3, -0.25) is 9.59 Å². The van der Waals surface area contributed by atoms with E-state index in [1.165, 1.54) is 0 Å². The van der Waals surface area contributed by atoms with Crippen molar-refractivity contribution < 1.29 is 9.90 Å². The topological polar surface area (TPSA) is 71.3 Å². The molecule has 25 heavy (non-hydrogen) atoms. The molecule has 0 unspecified atom stereocenters. The third-order valence-corrected chi connectivity index (χ3v) is 4.45. The highest BCUT2D eigenvalue weighted by Crippen LogP contribution is 2.18. The molecule has 0 saturated carbocycles. The average molecular weight is 342 g/mol. The van der Waals surface area contributed by atoms with E-state index < -0.39 is 5.91 Å². The molecule has 1 aromatic carbocycles. The Morgan fingerprint density at radius 2 is 1.84 bits per heavy atom. The van der Waals surface area contributed by atoms with Gasteiger partial charge in [0.1, 0.15) is 5.56 Å². The summed E-state index contributed by atoms with van der Waals surface area (Å²) in [5.41, 5.74) is 3.43. The monoisotopic (exact) mass is 342 g/mol.